The number of hydrogen-bond acceptors (Lipinski definition) is 6. The molecule has 0 saturated carbocycles. The topological polar surface area (TPSA) is 82.9 Å². The van der Waals surface area contributed by atoms with Crippen molar-refractivity contribution in [3.05, 3.63) is 42.2 Å². The van der Waals surface area contributed by atoms with Gasteiger partial charge in [0.15, 0.2) is 5.82 Å². The average molecular weight is 310 g/mol. The van der Waals surface area contributed by atoms with E-state index in [0.29, 0.717) is 11.7 Å². The molecule has 2 N–H and O–H groups in total. The maximum Gasteiger partial charge on any atom is 0.276 e. The van der Waals surface area contributed by atoms with Gasteiger partial charge in [-0.15, -0.1) is 0 Å². The molecule has 1 aromatic carbocycles. The molecule has 1 fully saturated rings. The van der Waals surface area contributed by atoms with Crippen molar-refractivity contribution in [2.75, 3.05) is 26.7 Å². The van der Waals surface area contributed by atoms with E-state index in [1.807, 2.05) is 36.4 Å². The quantitative estimate of drug-likeness (QED) is 0.766. The zero-order chi connectivity index (χ0) is 15.6. The highest BCUT2D eigenvalue weighted by molar-refractivity contribution is 5.64. The van der Waals surface area contributed by atoms with Gasteiger partial charge in [-0.05, 0) is 13.1 Å². The molecule has 2 aromatic heterocycles. The Labute approximate surface area is 133 Å². The summed E-state index contributed by atoms with van der Waals surface area (Å²) in [5.74, 6) is 1.17. The van der Waals surface area contributed by atoms with Crippen LogP contribution in [0.15, 0.2) is 40.9 Å². The highest BCUT2D eigenvalue weighted by Gasteiger charge is 2.25. The Balaban J connectivity index is 1.59. The van der Waals surface area contributed by atoms with Crippen LogP contribution in [0.4, 0.5) is 0 Å². The molecule has 3 aromatic rings. The van der Waals surface area contributed by atoms with Crippen molar-refractivity contribution in [2.45, 2.75) is 6.04 Å². The molecule has 118 valence electrons. The molecular weight excluding hydrogens is 292 g/mol. The van der Waals surface area contributed by atoms with Crippen LogP contribution in [0.1, 0.15) is 11.9 Å². The molecule has 7 nitrogen and oxygen atoms in total. The Morgan fingerprint density at radius 1 is 1.26 bits per heavy atom. The smallest absolute Gasteiger partial charge is 0.276 e. The number of H-pyrrole nitrogens is 1. The SMILES string of the molecule is CN1CCNCC1c1noc(-c2cc(-c3ccccc3)n[nH]2)n1. The van der Waals surface area contributed by atoms with E-state index in [0.717, 1.165) is 36.6 Å². The van der Waals surface area contributed by atoms with Crippen LogP contribution in [0.5, 0.6) is 0 Å². The molecule has 1 atom stereocenters. The molecule has 0 bridgehead atoms. The van der Waals surface area contributed by atoms with Crippen molar-refractivity contribution in [2.24, 2.45) is 0 Å². The third kappa shape index (κ3) is 2.76. The van der Waals surface area contributed by atoms with Gasteiger partial charge in [0.25, 0.3) is 5.89 Å². The second kappa shape index (κ2) is 5.94. The molecule has 0 aliphatic carbocycles. The van der Waals surface area contributed by atoms with E-state index < -0.39 is 0 Å². The van der Waals surface area contributed by atoms with Crippen LogP contribution >= 0.6 is 0 Å². The maximum atomic E-state index is 5.41. The summed E-state index contributed by atoms with van der Waals surface area (Å²) < 4.78 is 5.41. The van der Waals surface area contributed by atoms with E-state index in [9.17, 15) is 0 Å². The van der Waals surface area contributed by atoms with Gasteiger partial charge in [0, 0.05) is 25.2 Å². The predicted molar refractivity (Wildman–Crippen MR) is 85.6 cm³/mol. The molecule has 23 heavy (non-hydrogen) atoms. The fourth-order valence-electron chi connectivity index (χ4n) is 2.76. The fourth-order valence-corrected chi connectivity index (χ4v) is 2.76. The number of hydrogen-bond donors (Lipinski definition) is 2. The van der Waals surface area contributed by atoms with Gasteiger partial charge >= 0.3 is 0 Å². The standard InChI is InChI=1S/C16H18N6O/c1-22-8-7-17-10-14(22)15-18-16(23-21-15)13-9-12(19-20-13)11-5-3-2-4-6-11/h2-6,9,14,17H,7-8,10H2,1H3,(H,19,20). The summed E-state index contributed by atoms with van der Waals surface area (Å²) in [6.45, 7) is 2.78. The number of nitrogens with one attached hydrogen (secondary N) is 2. The normalized spacial score (nSPS) is 19.1. The van der Waals surface area contributed by atoms with E-state index in [1.54, 1.807) is 0 Å². The van der Waals surface area contributed by atoms with Gasteiger partial charge in [-0.3, -0.25) is 10.00 Å². The second-order valence-electron chi connectivity index (χ2n) is 5.69. The van der Waals surface area contributed by atoms with Crippen molar-refractivity contribution < 1.29 is 4.52 Å². The molecule has 1 aliphatic rings. The summed E-state index contributed by atoms with van der Waals surface area (Å²) in [6, 6.07) is 12.0. The number of piperazine rings is 1. The number of likely N-dealkylation sites (N-methyl/N-ethyl adjacent to an activating group) is 1. The second-order valence-corrected chi connectivity index (χ2v) is 5.69. The van der Waals surface area contributed by atoms with Gasteiger partial charge in [-0.25, -0.2) is 0 Å². The van der Waals surface area contributed by atoms with Gasteiger partial charge in [-0.1, -0.05) is 35.5 Å². The molecule has 0 spiro atoms. The lowest BCUT2D eigenvalue weighted by Gasteiger charge is -2.30. The van der Waals surface area contributed by atoms with Gasteiger partial charge < -0.3 is 9.84 Å². The molecule has 1 saturated heterocycles. The van der Waals surface area contributed by atoms with Crippen LogP contribution in [0.3, 0.4) is 0 Å². The van der Waals surface area contributed by atoms with Gasteiger partial charge in [-0.2, -0.15) is 10.1 Å². The Hall–Kier alpha value is -2.51. The first-order valence-electron chi connectivity index (χ1n) is 7.67. The molecule has 7 heteroatoms. The third-order valence-electron chi connectivity index (χ3n) is 4.13. The van der Waals surface area contributed by atoms with Crippen LogP contribution in [0.2, 0.25) is 0 Å². The Morgan fingerprint density at radius 3 is 2.96 bits per heavy atom. The van der Waals surface area contributed by atoms with E-state index in [2.05, 4.69) is 37.6 Å². The zero-order valence-corrected chi connectivity index (χ0v) is 12.9. The van der Waals surface area contributed by atoms with E-state index in [-0.39, 0.29) is 6.04 Å². The zero-order valence-electron chi connectivity index (χ0n) is 12.9. The van der Waals surface area contributed by atoms with Crippen molar-refractivity contribution >= 4 is 0 Å². The maximum absolute atomic E-state index is 5.41. The Morgan fingerprint density at radius 2 is 2.13 bits per heavy atom. The molecule has 0 amide bonds. The first-order chi connectivity index (χ1) is 11.3. The lowest BCUT2D eigenvalue weighted by Crippen LogP contribution is -2.44. The molecular formula is C16H18N6O. The minimum absolute atomic E-state index is 0.137. The van der Waals surface area contributed by atoms with Crippen molar-refractivity contribution in [3.63, 3.8) is 0 Å². The first kappa shape index (κ1) is 14.1. The lowest BCUT2D eigenvalue weighted by molar-refractivity contribution is 0.190. The predicted octanol–water partition coefficient (Wildman–Crippen LogP) is 1.70. The average Bonchev–Trinajstić information content (AvgIpc) is 3.25. The summed E-state index contributed by atoms with van der Waals surface area (Å²) >= 11 is 0. The fraction of sp³-hybridized carbons (Fsp3) is 0.312. The van der Waals surface area contributed by atoms with E-state index in [1.165, 1.54) is 0 Å². The largest absolute Gasteiger partial charge is 0.332 e. The van der Waals surface area contributed by atoms with Gasteiger partial charge in [0.05, 0.1) is 11.7 Å². The van der Waals surface area contributed by atoms with Crippen LogP contribution in [0, 0.1) is 0 Å². The minimum atomic E-state index is 0.137. The first-order valence-corrected chi connectivity index (χ1v) is 7.67. The molecule has 0 radical (unpaired) electrons. The van der Waals surface area contributed by atoms with Crippen LogP contribution in [-0.4, -0.2) is 51.9 Å². The summed E-state index contributed by atoms with van der Waals surface area (Å²) in [4.78, 5) is 6.76. The van der Waals surface area contributed by atoms with E-state index in [4.69, 9.17) is 4.52 Å². The van der Waals surface area contributed by atoms with Gasteiger partial charge in [0.1, 0.15) is 5.69 Å². The van der Waals surface area contributed by atoms with Crippen molar-refractivity contribution in [3.8, 4) is 22.8 Å². The lowest BCUT2D eigenvalue weighted by atomic mass is 10.1. The van der Waals surface area contributed by atoms with Crippen molar-refractivity contribution in [1.82, 2.24) is 30.6 Å². The molecule has 4 rings (SSSR count). The number of rotatable bonds is 3. The summed E-state index contributed by atoms with van der Waals surface area (Å²) in [7, 11) is 2.07. The Bertz CT molecular complexity index is 781. The monoisotopic (exact) mass is 310 g/mol. The van der Waals surface area contributed by atoms with Crippen LogP contribution in [-0.2, 0) is 0 Å². The Kier molecular flexibility index (Phi) is 3.64. The van der Waals surface area contributed by atoms with Gasteiger partial charge in [0.2, 0.25) is 0 Å². The van der Waals surface area contributed by atoms with Crippen LogP contribution < -0.4 is 5.32 Å². The number of aromatic amines is 1. The van der Waals surface area contributed by atoms with Crippen molar-refractivity contribution in [1.29, 1.82) is 0 Å². The van der Waals surface area contributed by atoms with Crippen LogP contribution in [0.25, 0.3) is 22.8 Å². The molecule has 1 unspecified atom stereocenters. The summed E-state index contributed by atoms with van der Waals surface area (Å²) in [5.41, 5.74) is 2.64. The molecule has 3 heterocycles. The highest BCUT2D eigenvalue weighted by atomic mass is 16.5. The number of aromatic nitrogens is 4. The number of benzene rings is 1. The highest BCUT2D eigenvalue weighted by Crippen LogP contribution is 2.24. The third-order valence-corrected chi connectivity index (χ3v) is 4.13. The summed E-state index contributed by atoms with van der Waals surface area (Å²) in [5, 5.41) is 14.8. The number of nitrogens with zero attached hydrogens (tertiary/aromatic N) is 4. The minimum Gasteiger partial charge on any atom is -0.332 e. The van der Waals surface area contributed by atoms with E-state index >= 15 is 0 Å². The summed E-state index contributed by atoms with van der Waals surface area (Å²) in [6.07, 6.45) is 0. The molecule has 1 aliphatic heterocycles.